The maximum Gasteiger partial charge on any atom is 0.0964 e. The standard InChI is InChI=1S/C12H12N4/c1-16(9-14-15-13)12-8-4-6-10-5-2-3-7-11(10)12/h2-8H,9H2,1H3. The summed E-state index contributed by atoms with van der Waals surface area (Å²) in [6.45, 7) is 0.338. The molecule has 0 radical (unpaired) electrons. The summed E-state index contributed by atoms with van der Waals surface area (Å²) in [4.78, 5) is 4.70. The Balaban J connectivity index is 2.47. The van der Waals surface area contributed by atoms with Crippen molar-refractivity contribution in [3.63, 3.8) is 0 Å². The van der Waals surface area contributed by atoms with Crippen LogP contribution in [0.1, 0.15) is 0 Å². The van der Waals surface area contributed by atoms with Crippen LogP contribution in [0.4, 0.5) is 5.69 Å². The molecule has 0 amide bonds. The maximum absolute atomic E-state index is 8.31. The minimum absolute atomic E-state index is 0.338. The summed E-state index contributed by atoms with van der Waals surface area (Å²) in [5.74, 6) is 0. The summed E-state index contributed by atoms with van der Waals surface area (Å²) in [5, 5.41) is 5.92. The Morgan fingerprint density at radius 2 is 1.94 bits per heavy atom. The van der Waals surface area contributed by atoms with E-state index < -0.39 is 0 Å². The monoisotopic (exact) mass is 212 g/mol. The topological polar surface area (TPSA) is 52.0 Å². The summed E-state index contributed by atoms with van der Waals surface area (Å²) in [6.07, 6.45) is 0. The lowest BCUT2D eigenvalue weighted by Crippen LogP contribution is -2.16. The second-order valence-electron chi connectivity index (χ2n) is 3.57. The van der Waals surface area contributed by atoms with Crippen LogP contribution < -0.4 is 4.90 Å². The van der Waals surface area contributed by atoms with Gasteiger partial charge in [0.05, 0.1) is 6.67 Å². The molecular weight excluding hydrogens is 200 g/mol. The van der Waals surface area contributed by atoms with Crippen LogP contribution in [0, 0.1) is 0 Å². The minimum Gasteiger partial charge on any atom is -0.368 e. The molecular formula is C12H12N4. The Morgan fingerprint density at radius 3 is 2.75 bits per heavy atom. The molecule has 0 unspecified atom stereocenters. The number of hydrogen-bond donors (Lipinski definition) is 0. The molecule has 2 aromatic carbocycles. The zero-order valence-electron chi connectivity index (χ0n) is 9.04. The number of benzene rings is 2. The van der Waals surface area contributed by atoms with Crippen molar-refractivity contribution in [2.24, 2.45) is 5.11 Å². The molecule has 4 heteroatoms. The normalized spacial score (nSPS) is 9.81. The molecule has 0 spiro atoms. The van der Waals surface area contributed by atoms with Crippen LogP contribution in [0.15, 0.2) is 47.6 Å². The first-order valence-corrected chi connectivity index (χ1v) is 5.02. The highest BCUT2D eigenvalue weighted by molar-refractivity contribution is 5.94. The highest BCUT2D eigenvalue weighted by Crippen LogP contribution is 2.25. The molecule has 0 N–H and O–H groups in total. The van der Waals surface area contributed by atoms with Gasteiger partial charge in [-0.2, -0.15) is 0 Å². The Hall–Kier alpha value is -2.19. The lowest BCUT2D eigenvalue weighted by molar-refractivity contribution is 0.927. The van der Waals surface area contributed by atoms with E-state index in [4.69, 9.17) is 5.53 Å². The molecule has 16 heavy (non-hydrogen) atoms. The Labute approximate surface area is 93.7 Å². The minimum atomic E-state index is 0.338. The van der Waals surface area contributed by atoms with Crippen molar-refractivity contribution >= 4 is 16.5 Å². The van der Waals surface area contributed by atoms with Crippen LogP contribution in [0.2, 0.25) is 0 Å². The highest BCUT2D eigenvalue weighted by Gasteiger charge is 2.03. The number of azide groups is 1. The number of fused-ring (bicyclic) bond motifs is 1. The molecule has 0 aliphatic carbocycles. The van der Waals surface area contributed by atoms with E-state index in [9.17, 15) is 0 Å². The summed E-state index contributed by atoms with van der Waals surface area (Å²) in [5.41, 5.74) is 9.38. The van der Waals surface area contributed by atoms with Crippen LogP contribution in [-0.4, -0.2) is 13.7 Å². The van der Waals surface area contributed by atoms with Crippen molar-refractivity contribution in [3.8, 4) is 0 Å². The first-order valence-electron chi connectivity index (χ1n) is 5.02. The zero-order chi connectivity index (χ0) is 11.4. The summed E-state index contributed by atoms with van der Waals surface area (Å²) in [6, 6.07) is 14.3. The third-order valence-corrected chi connectivity index (χ3v) is 2.52. The quantitative estimate of drug-likeness (QED) is 0.436. The van der Waals surface area contributed by atoms with E-state index in [1.165, 1.54) is 10.8 Å². The van der Waals surface area contributed by atoms with Crippen LogP contribution in [0.3, 0.4) is 0 Å². The number of rotatable bonds is 3. The first kappa shape index (κ1) is 10.3. The second-order valence-corrected chi connectivity index (χ2v) is 3.57. The van der Waals surface area contributed by atoms with Gasteiger partial charge >= 0.3 is 0 Å². The van der Waals surface area contributed by atoms with E-state index in [-0.39, 0.29) is 0 Å². The molecule has 0 aromatic heterocycles. The lowest BCUT2D eigenvalue weighted by atomic mass is 10.1. The van der Waals surface area contributed by atoms with Crippen molar-refractivity contribution in [1.82, 2.24) is 0 Å². The van der Waals surface area contributed by atoms with Crippen LogP contribution in [0.25, 0.3) is 21.2 Å². The molecule has 0 fully saturated rings. The molecule has 2 rings (SSSR count). The third-order valence-electron chi connectivity index (χ3n) is 2.52. The van der Waals surface area contributed by atoms with Crippen molar-refractivity contribution in [3.05, 3.63) is 52.9 Å². The van der Waals surface area contributed by atoms with Gasteiger partial charge in [-0.1, -0.05) is 41.5 Å². The SMILES string of the molecule is CN(CN=[N+]=[N-])c1cccc2ccccc12. The fraction of sp³-hybridized carbons (Fsp3) is 0.167. The third kappa shape index (κ3) is 1.92. The Morgan fingerprint density at radius 1 is 1.19 bits per heavy atom. The van der Waals surface area contributed by atoms with E-state index >= 15 is 0 Å². The van der Waals surface area contributed by atoms with Gasteiger partial charge in [0.1, 0.15) is 0 Å². The summed E-state index contributed by atoms with van der Waals surface area (Å²) >= 11 is 0. The van der Waals surface area contributed by atoms with E-state index in [1.807, 2.05) is 36.2 Å². The van der Waals surface area contributed by atoms with E-state index in [0.29, 0.717) is 6.67 Å². The van der Waals surface area contributed by atoms with Crippen LogP contribution >= 0.6 is 0 Å². The van der Waals surface area contributed by atoms with Crippen LogP contribution in [0.5, 0.6) is 0 Å². The fourth-order valence-electron chi connectivity index (χ4n) is 1.74. The van der Waals surface area contributed by atoms with Gasteiger partial charge in [-0.15, -0.1) is 0 Å². The molecule has 0 atom stereocenters. The van der Waals surface area contributed by atoms with E-state index in [2.05, 4.69) is 28.2 Å². The van der Waals surface area contributed by atoms with Crippen molar-refractivity contribution < 1.29 is 0 Å². The molecule has 0 aliphatic rings. The van der Waals surface area contributed by atoms with Gasteiger partial charge in [-0.05, 0) is 17.0 Å². The molecule has 0 aliphatic heterocycles. The van der Waals surface area contributed by atoms with Gasteiger partial charge in [0, 0.05) is 23.0 Å². The zero-order valence-corrected chi connectivity index (χ0v) is 9.04. The Bertz CT molecular complexity index is 538. The smallest absolute Gasteiger partial charge is 0.0964 e. The van der Waals surface area contributed by atoms with Gasteiger partial charge in [-0.25, -0.2) is 0 Å². The van der Waals surface area contributed by atoms with Gasteiger partial charge < -0.3 is 4.90 Å². The van der Waals surface area contributed by atoms with Gasteiger partial charge in [-0.3, -0.25) is 0 Å². The lowest BCUT2D eigenvalue weighted by Gasteiger charge is -2.18. The van der Waals surface area contributed by atoms with E-state index in [1.54, 1.807) is 0 Å². The largest absolute Gasteiger partial charge is 0.368 e. The van der Waals surface area contributed by atoms with Gasteiger partial charge in [0.25, 0.3) is 0 Å². The average molecular weight is 212 g/mol. The van der Waals surface area contributed by atoms with Gasteiger partial charge in [0.15, 0.2) is 0 Å². The van der Waals surface area contributed by atoms with E-state index in [0.717, 1.165) is 5.69 Å². The predicted molar refractivity (Wildman–Crippen MR) is 66.4 cm³/mol. The number of nitrogens with zero attached hydrogens (tertiary/aromatic N) is 4. The predicted octanol–water partition coefficient (Wildman–Crippen LogP) is 3.54. The molecule has 4 nitrogen and oxygen atoms in total. The molecule has 0 heterocycles. The average Bonchev–Trinajstić information content (AvgIpc) is 2.35. The molecule has 0 bridgehead atoms. The molecule has 0 saturated heterocycles. The summed E-state index contributed by atoms with van der Waals surface area (Å²) in [7, 11) is 1.91. The number of hydrogen-bond acceptors (Lipinski definition) is 2. The van der Waals surface area contributed by atoms with Crippen molar-refractivity contribution in [2.45, 2.75) is 0 Å². The first-order chi connectivity index (χ1) is 7.83. The second kappa shape index (κ2) is 4.55. The fourth-order valence-corrected chi connectivity index (χ4v) is 1.74. The van der Waals surface area contributed by atoms with Gasteiger partial charge in [0.2, 0.25) is 0 Å². The molecule has 2 aromatic rings. The van der Waals surface area contributed by atoms with Crippen molar-refractivity contribution in [2.75, 3.05) is 18.6 Å². The summed E-state index contributed by atoms with van der Waals surface area (Å²) < 4.78 is 0. The maximum atomic E-state index is 8.31. The molecule has 80 valence electrons. The van der Waals surface area contributed by atoms with Crippen molar-refractivity contribution in [1.29, 1.82) is 0 Å². The Kier molecular flexibility index (Phi) is 2.94. The van der Waals surface area contributed by atoms with Crippen LogP contribution in [-0.2, 0) is 0 Å². The number of anilines is 1. The highest BCUT2D eigenvalue weighted by atomic mass is 15.3. The molecule has 0 saturated carbocycles.